The Labute approximate surface area is 277 Å². The number of fused-ring (bicyclic) bond motifs is 1. The van der Waals surface area contributed by atoms with Crippen molar-refractivity contribution < 1.29 is 22.8 Å². The van der Waals surface area contributed by atoms with Gasteiger partial charge in [0, 0.05) is 93.3 Å². The molecular formula is C36H36F3N7O2. The average molecular weight is 656 g/mol. The molecule has 2 aliphatic rings. The van der Waals surface area contributed by atoms with E-state index in [1.54, 1.807) is 36.7 Å². The molecule has 2 aromatic heterocycles. The maximum Gasteiger partial charge on any atom is 0.416 e. The van der Waals surface area contributed by atoms with Crippen LogP contribution in [-0.2, 0) is 26.2 Å². The predicted octanol–water partition coefficient (Wildman–Crippen LogP) is 5.57. The van der Waals surface area contributed by atoms with E-state index < -0.39 is 17.8 Å². The second kappa shape index (κ2) is 13.9. The van der Waals surface area contributed by atoms with Crippen molar-refractivity contribution in [2.75, 3.05) is 49.9 Å². The number of carbonyl (C=O) groups excluding carboxylic acids is 2. The zero-order chi connectivity index (χ0) is 33.8. The highest BCUT2D eigenvalue weighted by molar-refractivity contribution is 6.00. The summed E-state index contributed by atoms with van der Waals surface area (Å²) >= 11 is 0. The molecule has 248 valence electrons. The first-order chi connectivity index (χ1) is 23.1. The standard InChI is InChI=1S/C36H36F3N7O2/c1-3-45-15-17-46(18-16-45)23-26-9-10-28(20-31(26)36(37,38)39)43-35(48)42-27-6-4-5-24(19-27)7-8-25-22-40-13-11-29(25)33-21-30-32(44(33)2)12-14-41-34(30)47/h4-6,9-11,13,19-22H,3,12,14-18,23H2,1-2H3,(H,41,47)(H2,42,43,48). The molecule has 2 aliphatic heterocycles. The Morgan fingerprint density at radius 3 is 2.44 bits per heavy atom. The lowest BCUT2D eigenvalue weighted by atomic mass is 10.0. The van der Waals surface area contributed by atoms with Crippen LogP contribution in [-0.4, -0.2) is 70.6 Å². The van der Waals surface area contributed by atoms with Crippen molar-refractivity contribution in [2.24, 2.45) is 7.05 Å². The van der Waals surface area contributed by atoms with Gasteiger partial charge in [0.25, 0.3) is 5.91 Å². The summed E-state index contributed by atoms with van der Waals surface area (Å²) in [5, 5.41) is 8.10. The Morgan fingerprint density at radius 2 is 1.71 bits per heavy atom. The summed E-state index contributed by atoms with van der Waals surface area (Å²) < 4.78 is 44.1. The summed E-state index contributed by atoms with van der Waals surface area (Å²) in [5.41, 5.74) is 4.46. The Morgan fingerprint density at radius 1 is 0.958 bits per heavy atom. The number of anilines is 2. The third-order valence-electron chi connectivity index (χ3n) is 8.79. The van der Waals surface area contributed by atoms with Gasteiger partial charge in [-0.3, -0.25) is 14.7 Å². The van der Waals surface area contributed by atoms with Gasteiger partial charge in [0.1, 0.15) is 0 Å². The van der Waals surface area contributed by atoms with E-state index in [0.717, 1.165) is 49.1 Å². The van der Waals surface area contributed by atoms with Crippen molar-refractivity contribution in [3.8, 4) is 23.1 Å². The number of alkyl halides is 3. The highest BCUT2D eigenvalue weighted by Gasteiger charge is 2.34. The van der Waals surface area contributed by atoms with Gasteiger partial charge in [0.05, 0.1) is 22.4 Å². The highest BCUT2D eigenvalue weighted by Crippen LogP contribution is 2.35. The fraction of sp³-hybridized carbons (Fsp3) is 0.306. The number of nitrogens with one attached hydrogen (secondary N) is 3. The largest absolute Gasteiger partial charge is 0.416 e. The van der Waals surface area contributed by atoms with Crippen molar-refractivity contribution >= 4 is 23.3 Å². The number of benzene rings is 2. The van der Waals surface area contributed by atoms with E-state index in [4.69, 9.17) is 0 Å². The number of halogens is 3. The van der Waals surface area contributed by atoms with E-state index in [1.807, 2.05) is 28.6 Å². The molecule has 9 nitrogen and oxygen atoms in total. The predicted molar refractivity (Wildman–Crippen MR) is 179 cm³/mol. The molecule has 0 bridgehead atoms. The number of rotatable bonds is 6. The van der Waals surface area contributed by atoms with E-state index in [2.05, 4.69) is 44.6 Å². The molecule has 0 unspecified atom stereocenters. The van der Waals surface area contributed by atoms with Gasteiger partial charge >= 0.3 is 12.2 Å². The van der Waals surface area contributed by atoms with Crippen LogP contribution in [0, 0.1) is 11.8 Å². The maximum atomic E-state index is 14.0. The van der Waals surface area contributed by atoms with Crippen LogP contribution in [0.2, 0.25) is 0 Å². The first-order valence-corrected chi connectivity index (χ1v) is 15.8. The molecule has 6 rings (SSSR count). The Kier molecular flexibility index (Phi) is 9.52. The van der Waals surface area contributed by atoms with Crippen LogP contribution in [0.3, 0.4) is 0 Å². The minimum Gasteiger partial charge on any atom is -0.352 e. The number of hydrogen-bond acceptors (Lipinski definition) is 5. The van der Waals surface area contributed by atoms with Crippen LogP contribution in [0.25, 0.3) is 11.3 Å². The lowest BCUT2D eigenvalue weighted by Crippen LogP contribution is -2.45. The first-order valence-electron chi connectivity index (χ1n) is 15.8. The Hall–Kier alpha value is -5.12. The molecule has 0 spiro atoms. The molecule has 1 fully saturated rings. The van der Waals surface area contributed by atoms with E-state index in [1.165, 1.54) is 12.1 Å². The number of nitrogens with zero attached hydrogens (tertiary/aromatic N) is 4. The minimum absolute atomic E-state index is 0.0410. The molecule has 48 heavy (non-hydrogen) atoms. The lowest BCUT2D eigenvalue weighted by molar-refractivity contribution is -0.138. The molecule has 3 amide bonds. The smallest absolute Gasteiger partial charge is 0.352 e. The summed E-state index contributed by atoms with van der Waals surface area (Å²) in [6, 6.07) is 13.8. The van der Waals surface area contributed by atoms with Crippen molar-refractivity contribution in [1.29, 1.82) is 0 Å². The molecule has 0 saturated carbocycles. The van der Waals surface area contributed by atoms with E-state index >= 15 is 0 Å². The highest BCUT2D eigenvalue weighted by atomic mass is 19.4. The van der Waals surface area contributed by atoms with E-state index in [-0.39, 0.29) is 23.7 Å². The number of carbonyl (C=O) groups is 2. The number of piperazine rings is 1. The fourth-order valence-electron chi connectivity index (χ4n) is 6.18. The minimum atomic E-state index is -4.57. The molecule has 4 aromatic rings. The van der Waals surface area contributed by atoms with Crippen LogP contribution in [0.1, 0.15) is 45.2 Å². The summed E-state index contributed by atoms with van der Waals surface area (Å²) in [6.07, 6.45) is -0.487. The summed E-state index contributed by atoms with van der Waals surface area (Å²) in [7, 11) is 1.93. The van der Waals surface area contributed by atoms with Gasteiger partial charge in [-0.15, -0.1) is 0 Å². The van der Waals surface area contributed by atoms with Crippen molar-refractivity contribution in [1.82, 2.24) is 24.7 Å². The lowest BCUT2D eigenvalue weighted by Gasteiger charge is -2.34. The van der Waals surface area contributed by atoms with Gasteiger partial charge in [-0.2, -0.15) is 13.2 Å². The van der Waals surface area contributed by atoms with Crippen LogP contribution >= 0.6 is 0 Å². The van der Waals surface area contributed by atoms with Crippen LogP contribution in [0.15, 0.2) is 67.0 Å². The summed E-state index contributed by atoms with van der Waals surface area (Å²) in [6.45, 7) is 6.84. The van der Waals surface area contributed by atoms with E-state index in [0.29, 0.717) is 42.0 Å². The van der Waals surface area contributed by atoms with Gasteiger partial charge < -0.3 is 25.4 Å². The first kappa shape index (κ1) is 32.8. The number of urea groups is 1. The molecule has 4 heterocycles. The second-order valence-corrected chi connectivity index (χ2v) is 11.9. The molecular weight excluding hydrogens is 619 g/mol. The number of hydrogen-bond donors (Lipinski definition) is 3. The maximum absolute atomic E-state index is 14.0. The zero-order valence-electron chi connectivity index (χ0n) is 26.7. The molecule has 0 aliphatic carbocycles. The summed E-state index contributed by atoms with van der Waals surface area (Å²) in [4.78, 5) is 33.8. The second-order valence-electron chi connectivity index (χ2n) is 11.9. The zero-order valence-corrected chi connectivity index (χ0v) is 26.7. The van der Waals surface area contributed by atoms with Gasteiger partial charge in [-0.1, -0.05) is 30.9 Å². The molecule has 1 saturated heterocycles. The number of pyridine rings is 1. The Balaban J connectivity index is 1.15. The number of amides is 3. The molecule has 12 heteroatoms. The van der Waals surface area contributed by atoms with Crippen LogP contribution in [0.4, 0.5) is 29.3 Å². The third kappa shape index (κ3) is 7.38. The van der Waals surface area contributed by atoms with Gasteiger partial charge in [0.15, 0.2) is 0 Å². The topological polar surface area (TPSA) is 94.5 Å². The van der Waals surface area contributed by atoms with Gasteiger partial charge in [0.2, 0.25) is 0 Å². The quantitative estimate of drug-likeness (QED) is 0.236. The summed E-state index contributed by atoms with van der Waals surface area (Å²) in [5.74, 6) is 6.18. The van der Waals surface area contributed by atoms with Gasteiger partial charge in [-0.25, -0.2) is 4.79 Å². The Bertz CT molecular complexity index is 1900. The SMILES string of the molecule is CCN1CCN(Cc2ccc(NC(=O)Nc3cccc(C#Cc4cnccc4-c4cc5c(n4C)CCNC5=O)c3)cc2C(F)(F)F)CC1. The number of likely N-dealkylation sites (N-methyl/N-ethyl adjacent to an activating group) is 1. The van der Waals surface area contributed by atoms with Gasteiger partial charge in [-0.05, 0) is 54.6 Å². The van der Waals surface area contributed by atoms with Crippen molar-refractivity contribution in [2.45, 2.75) is 26.1 Å². The molecule has 3 N–H and O–H groups in total. The normalized spacial score (nSPS) is 15.2. The molecule has 2 aromatic carbocycles. The van der Waals surface area contributed by atoms with Crippen LogP contribution in [0.5, 0.6) is 0 Å². The van der Waals surface area contributed by atoms with Crippen LogP contribution < -0.4 is 16.0 Å². The van der Waals surface area contributed by atoms with Crippen molar-refractivity contribution in [3.05, 3.63) is 101 Å². The van der Waals surface area contributed by atoms with E-state index in [9.17, 15) is 22.8 Å². The average Bonchev–Trinajstić information content (AvgIpc) is 3.41. The van der Waals surface area contributed by atoms with Crippen molar-refractivity contribution in [3.63, 3.8) is 0 Å². The molecule has 0 radical (unpaired) electrons. The number of aromatic nitrogens is 2. The fourth-order valence-corrected chi connectivity index (χ4v) is 6.18. The monoisotopic (exact) mass is 655 g/mol. The molecule has 0 atom stereocenters. The third-order valence-corrected chi connectivity index (χ3v) is 8.79.